The van der Waals surface area contributed by atoms with Gasteiger partial charge in [-0.25, -0.2) is 0 Å². The zero-order valence-electron chi connectivity index (χ0n) is 1.42. The summed E-state index contributed by atoms with van der Waals surface area (Å²) in [5, 5.41) is 0. The van der Waals surface area contributed by atoms with Crippen molar-refractivity contribution in [3.63, 3.8) is 0 Å². The van der Waals surface area contributed by atoms with Crippen molar-refractivity contribution in [2.45, 2.75) is 0 Å². The summed E-state index contributed by atoms with van der Waals surface area (Å²) in [5.41, 5.74) is 0. The van der Waals surface area contributed by atoms with Crippen LogP contribution in [-0.4, -0.2) is 0 Å². The van der Waals surface area contributed by atoms with Gasteiger partial charge in [-0.3, -0.25) is 0 Å². The molecule has 34 valence electrons. The molecule has 0 aliphatic carbocycles. The second kappa shape index (κ2) is 18.1. The minimum Gasteiger partial charge on any atom is 0 e. The molecule has 4 heteroatoms. The number of hydrogen-bond donors (Lipinski definition) is 0. The predicted octanol–water partition coefficient (Wildman–Crippen LogP) is -0.0100. The van der Waals surface area contributed by atoms with E-state index in [0.29, 0.717) is 0 Å². The van der Waals surface area contributed by atoms with Gasteiger partial charge in [0, 0.05) is 76.3 Å². The van der Waals surface area contributed by atoms with Crippen molar-refractivity contribution in [2.24, 2.45) is 0 Å². The Hall–Kier alpha value is 2.42. The maximum absolute atomic E-state index is 0. The first-order valence-corrected chi connectivity index (χ1v) is 0. The van der Waals surface area contributed by atoms with Gasteiger partial charge in [-0.15, -0.1) is 0 Å². The van der Waals surface area contributed by atoms with Crippen molar-refractivity contribution in [1.29, 1.82) is 0 Å². The maximum atomic E-state index is 0. The van der Waals surface area contributed by atoms with Crippen molar-refractivity contribution in [3.05, 3.63) is 0 Å². The summed E-state index contributed by atoms with van der Waals surface area (Å²) in [6.45, 7) is 0. The van der Waals surface area contributed by atoms with Crippen LogP contribution in [0.1, 0.15) is 0 Å². The molecule has 0 unspecified atom stereocenters. The van der Waals surface area contributed by atoms with Gasteiger partial charge in [0.15, 0.2) is 0 Å². The molecule has 2 radical (unpaired) electrons. The summed E-state index contributed by atoms with van der Waals surface area (Å²) in [4.78, 5) is 0. The van der Waals surface area contributed by atoms with E-state index in [1.54, 1.807) is 0 Å². The zero-order chi connectivity index (χ0) is 0. The third-order valence-corrected chi connectivity index (χ3v) is 0. The normalized spacial score (nSPS) is 0. The molecule has 0 aromatic heterocycles. The fourth-order valence-electron chi connectivity index (χ4n) is 0. The Bertz CT molecular complexity index is 6.00. The largest absolute Gasteiger partial charge is 0 e. The molecule has 0 atom stereocenters. The Morgan fingerprint density at radius 3 is 0.750 bits per heavy atom. The second-order valence-corrected chi connectivity index (χ2v) is 0. The molecular weight excluding hydrogens is 407 g/mol. The van der Waals surface area contributed by atoms with E-state index >= 15 is 0 Å². The average molecular weight is 407 g/mol. The number of hydrogen-bond acceptors (Lipinski definition) is 0. The first-order chi connectivity index (χ1) is 0. The summed E-state index contributed by atoms with van der Waals surface area (Å²) < 4.78 is 0. The van der Waals surface area contributed by atoms with Crippen molar-refractivity contribution in [1.82, 2.24) is 0 Å². The van der Waals surface area contributed by atoms with Crippen LogP contribution in [0, 0.1) is 0 Å². The molecule has 0 N–H and O–H groups in total. The van der Waals surface area contributed by atoms with E-state index in [1.807, 2.05) is 0 Å². The fraction of sp³-hybridized carbons (Fsp3) is 0. The quantitative estimate of drug-likeness (QED) is 0.496. The van der Waals surface area contributed by atoms with E-state index in [0.717, 1.165) is 0 Å². The molecule has 4 heavy (non-hydrogen) atoms. The zero-order valence-corrected chi connectivity index (χ0v) is 8.24. The molecule has 0 aliphatic heterocycles. The average Bonchev–Trinajstić information content (AvgIpc) is 0. The van der Waals surface area contributed by atoms with Crippen LogP contribution in [0.25, 0.3) is 0 Å². The monoisotopic (exact) mass is 408 g/mol. The van der Waals surface area contributed by atoms with Gasteiger partial charge >= 0.3 is 0 Å². The Labute approximate surface area is 75.3 Å². The molecule has 0 aliphatic rings. The van der Waals surface area contributed by atoms with Crippen LogP contribution in [-0.2, 0) is 76.3 Å². The Morgan fingerprint density at radius 1 is 0.750 bits per heavy atom. The first kappa shape index (κ1) is 32.2. The van der Waals surface area contributed by atoms with E-state index in [4.69, 9.17) is 0 Å². The number of rotatable bonds is 0. The third-order valence-electron chi connectivity index (χ3n) is 0. The van der Waals surface area contributed by atoms with Crippen LogP contribution >= 0.6 is 0 Å². The molecule has 0 saturated carbocycles. The molecular formula is Cu2MoW. The van der Waals surface area contributed by atoms with Crippen molar-refractivity contribution >= 4 is 0 Å². The second-order valence-electron chi connectivity index (χ2n) is 0. The van der Waals surface area contributed by atoms with Gasteiger partial charge in [0.05, 0.1) is 0 Å². The van der Waals surface area contributed by atoms with Gasteiger partial charge in [0.2, 0.25) is 0 Å². The molecule has 0 saturated heterocycles. The van der Waals surface area contributed by atoms with Crippen molar-refractivity contribution < 1.29 is 76.3 Å². The van der Waals surface area contributed by atoms with E-state index in [1.165, 1.54) is 0 Å². The molecule has 0 bridgehead atoms. The van der Waals surface area contributed by atoms with Crippen LogP contribution in [0.2, 0.25) is 0 Å². The van der Waals surface area contributed by atoms with Gasteiger partial charge in [0.25, 0.3) is 0 Å². The van der Waals surface area contributed by atoms with Crippen molar-refractivity contribution in [2.75, 3.05) is 0 Å². The third kappa shape index (κ3) is 8.83. The standard InChI is InChI=1S/2Cu.Mo.W. The molecule has 0 fully saturated rings. The van der Waals surface area contributed by atoms with Gasteiger partial charge in [-0.2, -0.15) is 0 Å². The molecule has 0 spiro atoms. The Morgan fingerprint density at radius 2 is 0.750 bits per heavy atom. The minimum absolute atomic E-state index is 0. The van der Waals surface area contributed by atoms with Crippen LogP contribution in [0.4, 0.5) is 0 Å². The summed E-state index contributed by atoms with van der Waals surface area (Å²) in [6, 6.07) is 0. The minimum atomic E-state index is 0. The van der Waals surface area contributed by atoms with Crippen LogP contribution in [0.5, 0.6) is 0 Å². The molecule has 0 rings (SSSR count). The summed E-state index contributed by atoms with van der Waals surface area (Å²) in [5.74, 6) is 0. The topological polar surface area (TPSA) is 0 Å². The Kier molecular flexibility index (Phi) is 146. The SMILES string of the molecule is [Cu].[Cu].[Mo].[W]. The first-order valence-electron chi connectivity index (χ1n) is 0. The van der Waals surface area contributed by atoms with Crippen LogP contribution in [0.15, 0.2) is 0 Å². The van der Waals surface area contributed by atoms with Crippen LogP contribution in [0.3, 0.4) is 0 Å². The summed E-state index contributed by atoms with van der Waals surface area (Å²) in [7, 11) is 0. The molecule has 0 aromatic carbocycles. The Balaban J connectivity index is 0. The fourth-order valence-corrected chi connectivity index (χ4v) is 0. The molecule has 0 heterocycles. The summed E-state index contributed by atoms with van der Waals surface area (Å²) in [6.07, 6.45) is 0. The van der Waals surface area contributed by atoms with Gasteiger partial charge in [-0.1, -0.05) is 0 Å². The van der Waals surface area contributed by atoms with E-state index in [9.17, 15) is 0 Å². The van der Waals surface area contributed by atoms with E-state index < -0.39 is 0 Å². The molecule has 0 amide bonds. The molecule has 0 aromatic rings. The van der Waals surface area contributed by atoms with Crippen molar-refractivity contribution in [3.8, 4) is 0 Å². The van der Waals surface area contributed by atoms with E-state index in [2.05, 4.69) is 0 Å². The van der Waals surface area contributed by atoms with Gasteiger partial charge in [0.1, 0.15) is 0 Å². The maximum Gasteiger partial charge on any atom is 0 e. The molecule has 0 nitrogen and oxygen atoms in total. The smallest absolute Gasteiger partial charge is 0 e. The predicted molar refractivity (Wildman–Crippen MR) is 0 cm³/mol. The van der Waals surface area contributed by atoms with Gasteiger partial charge < -0.3 is 0 Å². The van der Waals surface area contributed by atoms with Gasteiger partial charge in [-0.05, 0) is 0 Å². The van der Waals surface area contributed by atoms with E-state index in [-0.39, 0.29) is 76.3 Å². The summed E-state index contributed by atoms with van der Waals surface area (Å²) >= 11 is 0. The van der Waals surface area contributed by atoms with Crippen LogP contribution < -0.4 is 0 Å².